The number of ether oxygens (including phenoxy) is 3. The average molecular weight is 633 g/mol. The highest BCUT2D eigenvalue weighted by Gasteiger charge is 2.30. The van der Waals surface area contributed by atoms with Crippen LogP contribution in [-0.2, 0) is 27.1 Å². The van der Waals surface area contributed by atoms with Crippen molar-refractivity contribution in [2.75, 3.05) is 23.8 Å². The van der Waals surface area contributed by atoms with E-state index in [4.69, 9.17) is 19.9 Å². The third kappa shape index (κ3) is 11.0. The average Bonchev–Trinajstić information content (AvgIpc) is 3.53. The fourth-order valence-corrected chi connectivity index (χ4v) is 5.73. The normalized spacial score (nSPS) is 16.0. The first-order valence-electron chi connectivity index (χ1n) is 17.2. The van der Waals surface area contributed by atoms with E-state index in [0.717, 1.165) is 37.1 Å². The predicted molar refractivity (Wildman–Crippen MR) is 183 cm³/mol. The van der Waals surface area contributed by atoms with Gasteiger partial charge >= 0.3 is 11.8 Å². The number of aryl methyl sites for hydroxylation is 2. The molecule has 1 fully saturated rings. The summed E-state index contributed by atoms with van der Waals surface area (Å²) < 4.78 is 18.6. The van der Waals surface area contributed by atoms with Crippen molar-refractivity contribution >= 4 is 23.3 Å². The molecule has 0 aliphatic carbocycles. The second-order valence-electron chi connectivity index (χ2n) is 12.2. The van der Waals surface area contributed by atoms with Crippen LogP contribution < -0.4 is 16.3 Å². The zero-order valence-electron chi connectivity index (χ0n) is 27.7. The molecule has 0 unspecified atom stereocenters. The number of carbonyl (C=O) groups excluding carboxylic acids is 1. The lowest BCUT2D eigenvalue weighted by molar-refractivity contribution is -0.100. The third-order valence-corrected chi connectivity index (χ3v) is 8.45. The molecule has 0 radical (unpaired) electrons. The van der Waals surface area contributed by atoms with E-state index in [1.165, 1.54) is 92.2 Å². The minimum Gasteiger partial charge on any atom is -0.443 e. The van der Waals surface area contributed by atoms with Crippen LogP contribution >= 0.6 is 0 Å². The topological polar surface area (TPSA) is 109 Å². The molecule has 0 bridgehead atoms. The van der Waals surface area contributed by atoms with Crippen LogP contribution in [0.5, 0.6) is 0 Å². The minimum absolute atomic E-state index is 0.123. The second-order valence-corrected chi connectivity index (χ2v) is 12.2. The number of hydrogen-bond donors (Lipinski definition) is 1. The Kier molecular flexibility index (Phi) is 14.6. The minimum atomic E-state index is -0.820. The number of anilines is 3. The molecular weight excluding hydrogens is 580 g/mol. The molecule has 2 N–H and O–H groups in total. The zero-order valence-corrected chi connectivity index (χ0v) is 27.7. The van der Waals surface area contributed by atoms with E-state index in [-0.39, 0.29) is 19.0 Å². The van der Waals surface area contributed by atoms with Gasteiger partial charge in [0.1, 0.15) is 12.4 Å². The molecular formula is C37H52N4O5. The molecule has 0 saturated carbocycles. The summed E-state index contributed by atoms with van der Waals surface area (Å²) in [7, 11) is 0. The molecule has 4 rings (SSSR count). The smallest absolute Gasteiger partial charge is 0.419 e. The van der Waals surface area contributed by atoms with E-state index < -0.39 is 24.3 Å². The van der Waals surface area contributed by atoms with Crippen molar-refractivity contribution in [3.05, 3.63) is 82.4 Å². The van der Waals surface area contributed by atoms with Gasteiger partial charge in [0.05, 0.1) is 18.0 Å². The Balaban J connectivity index is 1.39. The number of nitrogen functional groups attached to an aromatic ring is 1. The Bertz CT molecular complexity index is 1320. The van der Waals surface area contributed by atoms with Crippen LogP contribution in [0.25, 0.3) is 0 Å². The van der Waals surface area contributed by atoms with Crippen molar-refractivity contribution in [1.29, 1.82) is 0 Å². The number of nitrogens with two attached hydrogens (primary N) is 1. The standard InChI is InChI=1S/C37H52N4O5/c1-3-5-7-9-11-13-15-29-17-21-31(22-18-29)41(32-23-19-30(20-24-32)16-14-12-10-8-6-4-2)37(43)45-28-35-44-27-34(46-35)40-26-25-33(38)39-36(40)42/h17-26,34-35H,3-16,27-28H2,1-2H3,(H2,38,39,42)/t34-,35-/m0/s1. The maximum absolute atomic E-state index is 13.6. The highest BCUT2D eigenvalue weighted by molar-refractivity contribution is 5.96. The molecule has 1 aromatic heterocycles. The number of amides is 1. The van der Waals surface area contributed by atoms with E-state index in [2.05, 4.69) is 43.1 Å². The predicted octanol–water partition coefficient (Wildman–Crippen LogP) is 8.48. The van der Waals surface area contributed by atoms with Crippen molar-refractivity contribution in [2.45, 2.75) is 116 Å². The SMILES string of the molecule is CCCCCCCCc1ccc(N(C(=O)OC[C@H]2OC[C@@H](n3ccc(N)nc3=O)O2)c2ccc(CCCCCCCC)cc2)cc1. The summed E-state index contributed by atoms with van der Waals surface area (Å²) in [4.78, 5) is 31.2. The van der Waals surface area contributed by atoms with Crippen LogP contribution in [0.3, 0.4) is 0 Å². The fourth-order valence-electron chi connectivity index (χ4n) is 5.73. The third-order valence-electron chi connectivity index (χ3n) is 8.45. The van der Waals surface area contributed by atoms with Crippen LogP contribution in [0.1, 0.15) is 108 Å². The lowest BCUT2D eigenvalue weighted by Crippen LogP contribution is -2.31. The van der Waals surface area contributed by atoms with Crippen LogP contribution in [0, 0.1) is 0 Å². The molecule has 2 atom stereocenters. The first kappa shape index (κ1) is 35.2. The molecule has 3 aromatic rings. The van der Waals surface area contributed by atoms with Crippen molar-refractivity contribution in [3.8, 4) is 0 Å². The molecule has 250 valence electrons. The van der Waals surface area contributed by atoms with Crippen LogP contribution in [0.4, 0.5) is 22.0 Å². The van der Waals surface area contributed by atoms with Crippen LogP contribution in [-0.4, -0.2) is 35.1 Å². The van der Waals surface area contributed by atoms with E-state index in [1.54, 1.807) is 4.90 Å². The zero-order chi connectivity index (χ0) is 32.6. The quantitative estimate of drug-likeness (QED) is 0.132. The second kappa shape index (κ2) is 19.1. The van der Waals surface area contributed by atoms with Crippen LogP contribution in [0.2, 0.25) is 0 Å². The van der Waals surface area contributed by atoms with Gasteiger partial charge in [-0.15, -0.1) is 0 Å². The van der Waals surface area contributed by atoms with E-state index in [0.29, 0.717) is 0 Å². The van der Waals surface area contributed by atoms with Gasteiger partial charge in [-0.05, 0) is 67.1 Å². The molecule has 1 amide bonds. The summed E-state index contributed by atoms with van der Waals surface area (Å²) in [6.45, 7) is 4.47. The van der Waals surface area contributed by atoms with Gasteiger partial charge in [-0.25, -0.2) is 14.5 Å². The van der Waals surface area contributed by atoms with Crippen molar-refractivity contribution in [3.63, 3.8) is 0 Å². The molecule has 9 heteroatoms. The van der Waals surface area contributed by atoms with Crippen molar-refractivity contribution < 1.29 is 19.0 Å². The number of hydrogen-bond acceptors (Lipinski definition) is 7. The Morgan fingerprint density at radius 1 is 0.826 bits per heavy atom. The monoisotopic (exact) mass is 632 g/mol. The molecule has 0 spiro atoms. The van der Waals surface area contributed by atoms with Crippen molar-refractivity contribution in [1.82, 2.24) is 9.55 Å². The Hall–Kier alpha value is -3.69. The Morgan fingerprint density at radius 3 is 1.87 bits per heavy atom. The molecule has 1 saturated heterocycles. The van der Waals surface area contributed by atoms with E-state index in [9.17, 15) is 9.59 Å². The number of aromatic nitrogens is 2. The molecule has 46 heavy (non-hydrogen) atoms. The number of carbonyl (C=O) groups is 1. The summed E-state index contributed by atoms with van der Waals surface area (Å²) in [5, 5.41) is 0. The number of nitrogens with zero attached hydrogens (tertiary/aromatic N) is 3. The Labute approximate surface area is 274 Å². The summed E-state index contributed by atoms with van der Waals surface area (Å²) in [5.74, 6) is 0.136. The van der Waals surface area contributed by atoms with E-state index in [1.807, 2.05) is 24.3 Å². The summed E-state index contributed by atoms with van der Waals surface area (Å²) >= 11 is 0. The maximum atomic E-state index is 13.6. The summed E-state index contributed by atoms with van der Waals surface area (Å²) in [6.07, 6.45) is 16.6. The van der Waals surface area contributed by atoms with Gasteiger partial charge in [0.2, 0.25) is 0 Å². The summed E-state index contributed by atoms with van der Waals surface area (Å²) in [6, 6.07) is 17.8. The number of unbranched alkanes of at least 4 members (excludes halogenated alkanes) is 10. The van der Waals surface area contributed by atoms with Crippen molar-refractivity contribution in [2.24, 2.45) is 0 Å². The Morgan fingerprint density at radius 2 is 1.35 bits per heavy atom. The maximum Gasteiger partial charge on any atom is 0.419 e. The van der Waals surface area contributed by atoms with Gasteiger partial charge in [-0.2, -0.15) is 4.98 Å². The summed E-state index contributed by atoms with van der Waals surface area (Å²) in [5.41, 5.74) is 9.04. The van der Waals surface area contributed by atoms with Crippen LogP contribution in [0.15, 0.2) is 65.6 Å². The van der Waals surface area contributed by atoms with Gasteiger partial charge < -0.3 is 19.9 Å². The molecule has 9 nitrogen and oxygen atoms in total. The lowest BCUT2D eigenvalue weighted by Gasteiger charge is -2.24. The van der Waals surface area contributed by atoms with Gasteiger partial charge in [0, 0.05) is 6.20 Å². The van der Waals surface area contributed by atoms with Gasteiger partial charge in [0.25, 0.3) is 0 Å². The first-order chi connectivity index (χ1) is 22.5. The number of benzene rings is 2. The first-order valence-corrected chi connectivity index (χ1v) is 17.2. The molecule has 1 aliphatic rings. The number of rotatable bonds is 19. The van der Waals surface area contributed by atoms with Gasteiger partial charge in [0.15, 0.2) is 12.5 Å². The molecule has 2 aromatic carbocycles. The molecule has 2 heterocycles. The molecule has 1 aliphatic heterocycles. The lowest BCUT2D eigenvalue weighted by atomic mass is 10.0. The van der Waals surface area contributed by atoms with Gasteiger partial charge in [-0.1, -0.05) is 102 Å². The van der Waals surface area contributed by atoms with Gasteiger partial charge in [-0.3, -0.25) is 4.57 Å². The highest BCUT2D eigenvalue weighted by Crippen LogP contribution is 2.29. The van der Waals surface area contributed by atoms with E-state index >= 15 is 0 Å². The fraction of sp³-hybridized carbons (Fsp3) is 0.541. The highest BCUT2D eigenvalue weighted by atomic mass is 16.7. The largest absolute Gasteiger partial charge is 0.443 e.